The summed E-state index contributed by atoms with van der Waals surface area (Å²) in [6.45, 7) is 0. The van der Waals surface area contributed by atoms with Crippen molar-refractivity contribution in [1.29, 1.82) is 0 Å². The third-order valence-electron chi connectivity index (χ3n) is 3.48. The quantitative estimate of drug-likeness (QED) is 0.787. The molecule has 5 heteroatoms. The molecule has 0 aliphatic heterocycles. The van der Waals surface area contributed by atoms with Crippen LogP contribution < -0.4 is 0 Å². The average Bonchev–Trinajstić information content (AvgIpc) is 2.55. The summed E-state index contributed by atoms with van der Waals surface area (Å²) in [5.41, 5.74) is 0.446. The Labute approximate surface area is 138 Å². The molecule has 0 bridgehead atoms. The van der Waals surface area contributed by atoms with Crippen LogP contribution in [0.1, 0.15) is 16.7 Å². The van der Waals surface area contributed by atoms with Gasteiger partial charge in [0, 0.05) is 28.0 Å². The average molecular weight is 331 g/mol. The molecule has 0 aliphatic rings. The number of hydrogen-bond donors (Lipinski definition) is 1. The highest BCUT2D eigenvalue weighted by Crippen LogP contribution is 2.37. The predicted octanol–water partition coefficient (Wildman–Crippen LogP) is 4.07. The molecule has 0 radical (unpaired) electrons. The van der Waals surface area contributed by atoms with Gasteiger partial charge in [-0.3, -0.25) is 0 Å². The van der Waals surface area contributed by atoms with E-state index in [1.807, 2.05) is 6.07 Å². The lowest BCUT2D eigenvalue weighted by atomic mass is 9.82. The van der Waals surface area contributed by atoms with E-state index in [1.165, 1.54) is 6.33 Å². The molecule has 1 unspecified atom stereocenters. The van der Waals surface area contributed by atoms with Crippen molar-refractivity contribution in [1.82, 2.24) is 9.97 Å². The van der Waals surface area contributed by atoms with Crippen LogP contribution in [-0.4, -0.2) is 15.1 Å². The van der Waals surface area contributed by atoms with E-state index in [2.05, 4.69) is 9.97 Å². The molecule has 0 aliphatic carbocycles. The Kier molecular flexibility index (Phi) is 4.12. The molecule has 3 nitrogen and oxygen atoms in total. The molecule has 110 valence electrons. The highest BCUT2D eigenvalue weighted by Gasteiger charge is 2.34. The number of aliphatic hydroxyl groups is 1. The van der Waals surface area contributed by atoms with E-state index in [0.717, 1.165) is 0 Å². The zero-order chi connectivity index (χ0) is 15.6. The van der Waals surface area contributed by atoms with E-state index in [0.29, 0.717) is 26.7 Å². The van der Waals surface area contributed by atoms with Crippen LogP contribution in [0.3, 0.4) is 0 Å². The minimum atomic E-state index is -1.41. The van der Waals surface area contributed by atoms with Gasteiger partial charge in [0.1, 0.15) is 11.9 Å². The van der Waals surface area contributed by atoms with Crippen molar-refractivity contribution in [2.24, 2.45) is 0 Å². The van der Waals surface area contributed by atoms with Crippen LogP contribution in [0.4, 0.5) is 0 Å². The number of nitrogens with zero attached hydrogens (tertiary/aromatic N) is 2. The molecule has 3 aromatic rings. The first kappa shape index (κ1) is 15.0. The molecular weight excluding hydrogens is 319 g/mol. The molecule has 3 rings (SSSR count). The number of rotatable bonds is 3. The SMILES string of the molecule is OC(c1ccc(Cl)cc1)(c1cncnc1)c1cccc(Cl)c1. The summed E-state index contributed by atoms with van der Waals surface area (Å²) in [6.07, 6.45) is 4.59. The second kappa shape index (κ2) is 6.05. The van der Waals surface area contributed by atoms with E-state index in [9.17, 15) is 5.11 Å². The van der Waals surface area contributed by atoms with Crippen molar-refractivity contribution in [2.45, 2.75) is 5.60 Å². The molecule has 1 heterocycles. The molecule has 0 amide bonds. The van der Waals surface area contributed by atoms with Crippen LogP contribution in [-0.2, 0) is 5.60 Å². The van der Waals surface area contributed by atoms with Gasteiger partial charge in [-0.05, 0) is 35.4 Å². The fraction of sp³-hybridized carbons (Fsp3) is 0.0588. The van der Waals surface area contributed by atoms with Gasteiger partial charge in [-0.25, -0.2) is 9.97 Å². The van der Waals surface area contributed by atoms with Gasteiger partial charge in [-0.1, -0.05) is 47.5 Å². The second-order valence-corrected chi connectivity index (χ2v) is 5.73. The van der Waals surface area contributed by atoms with E-state index in [1.54, 1.807) is 54.9 Å². The van der Waals surface area contributed by atoms with Crippen molar-refractivity contribution >= 4 is 23.2 Å². The fourth-order valence-corrected chi connectivity index (χ4v) is 2.71. The van der Waals surface area contributed by atoms with Crippen LogP contribution in [0.5, 0.6) is 0 Å². The molecule has 1 N–H and O–H groups in total. The van der Waals surface area contributed by atoms with Crippen molar-refractivity contribution in [3.8, 4) is 0 Å². The Morgan fingerprint density at radius 3 is 2.09 bits per heavy atom. The Bertz CT molecular complexity index is 778. The lowest BCUT2D eigenvalue weighted by molar-refractivity contribution is 0.125. The molecule has 1 atom stereocenters. The zero-order valence-electron chi connectivity index (χ0n) is 11.4. The summed E-state index contributed by atoms with van der Waals surface area (Å²) in [5, 5.41) is 12.6. The van der Waals surface area contributed by atoms with Gasteiger partial charge in [0.15, 0.2) is 0 Å². The van der Waals surface area contributed by atoms with E-state index in [4.69, 9.17) is 23.2 Å². The molecule has 0 saturated heterocycles. The maximum absolute atomic E-state index is 11.5. The minimum absolute atomic E-state index is 0.543. The van der Waals surface area contributed by atoms with Crippen molar-refractivity contribution in [2.75, 3.05) is 0 Å². The Hall–Kier alpha value is -1.94. The van der Waals surface area contributed by atoms with Crippen LogP contribution in [0.2, 0.25) is 10.0 Å². The summed E-state index contributed by atoms with van der Waals surface area (Å²) >= 11 is 12.0. The van der Waals surface area contributed by atoms with Gasteiger partial charge in [-0.15, -0.1) is 0 Å². The number of halogens is 2. The zero-order valence-corrected chi connectivity index (χ0v) is 13.0. The van der Waals surface area contributed by atoms with Gasteiger partial charge < -0.3 is 5.11 Å². The lowest BCUT2D eigenvalue weighted by Crippen LogP contribution is -2.29. The van der Waals surface area contributed by atoms with Crippen LogP contribution in [0.25, 0.3) is 0 Å². The van der Waals surface area contributed by atoms with Crippen molar-refractivity contribution in [3.05, 3.63) is 94.0 Å². The standard InChI is InChI=1S/C17H12Cl2N2O/c18-15-6-4-12(5-7-15)17(22,14-9-20-11-21-10-14)13-2-1-3-16(19)8-13/h1-11,22H. The number of aromatic nitrogens is 2. The van der Waals surface area contributed by atoms with E-state index < -0.39 is 5.60 Å². The smallest absolute Gasteiger partial charge is 0.143 e. The van der Waals surface area contributed by atoms with Gasteiger partial charge in [-0.2, -0.15) is 0 Å². The van der Waals surface area contributed by atoms with Crippen molar-refractivity contribution < 1.29 is 5.11 Å². The summed E-state index contributed by atoms with van der Waals surface area (Å²) in [7, 11) is 0. The predicted molar refractivity (Wildman–Crippen MR) is 87.0 cm³/mol. The Morgan fingerprint density at radius 2 is 1.45 bits per heavy atom. The second-order valence-electron chi connectivity index (χ2n) is 4.85. The van der Waals surface area contributed by atoms with Crippen LogP contribution >= 0.6 is 23.2 Å². The third-order valence-corrected chi connectivity index (χ3v) is 3.97. The van der Waals surface area contributed by atoms with E-state index >= 15 is 0 Å². The highest BCUT2D eigenvalue weighted by molar-refractivity contribution is 6.30. The highest BCUT2D eigenvalue weighted by atomic mass is 35.5. The molecule has 0 spiro atoms. The van der Waals surface area contributed by atoms with E-state index in [-0.39, 0.29) is 0 Å². The topological polar surface area (TPSA) is 46.0 Å². The molecule has 1 aromatic heterocycles. The molecule has 0 saturated carbocycles. The first-order valence-corrected chi connectivity index (χ1v) is 7.36. The molecule has 22 heavy (non-hydrogen) atoms. The maximum atomic E-state index is 11.5. The first-order chi connectivity index (χ1) is 10.6. The molecular formula is C17H12Cl2N2O. The van der Waals surface area contributed by atoms with Crippen molar-refractivity contribution in [3.63, 3.8) is 0 Å². The Balaban J connectivity index is 2.24. The van der Waals surface area contributed by atoms with Gasteiger partial charge in [0.25, 0.3) is 0 Å². The number of benzene rings is 2. The molecule has 0 fully saturated rings. The van der Waals surface area contributed by atoms with Crippen LogP contribution in [0, 0.1) is 0 Å². The fourth-order valence-electron chi connectivity index (χ4n) is 2.39. The largest absolute Gasteiger partial charge is 0.376 e. The van der Waals surface area contributed by atoms with Crippen LogP contribution in [0.15, 0.2) is 67.3 Å². The normalized spacial score (nSPS) is 13.6. The summed E-state index contributed by atoms with van der Waals surface area (Å²) in [5.74, 6) is 0. The van der Waals surface area contributed by atoms with Gasteiger partial charge >= 0.3 is 0 Å². The number of hydrogen-bond acceptors (Lipinski definition) is 3. The third kappa shape index (κ3) is 2.71. The molecule has 2 aromatic carbocycles. The van der Waals surface area contributed by atoms with Gasteiger partial charge in [0.2, 0.25) is 0 Å². The Morgan fingerprint density at radius 1 is 0.773 bits per heavy atom. The summed E-state index contributed by atoms with van der Waals surface area (Å²) in [6, 6.07) is 14.1. The lowest BCUT2D eigenvalue weighted by Gasteiger charge is -2.29. The maximum Gasteiger partial charge on any atom is 0.143 e. The monoisotopic (exact) mass is 330 g/mol. The van der Waals surface area contributed by atoms with Gasteiger partial charge in [0.05, 0.1) is 0 Å². The summed E-state index contributed by atoms with van der Waals surface area (Å²) < 4.78 is 0. The summed E-state index contributed by atoms with van der Waals surface area (Å²) in [4.78, 5) is 8.02. The first-order valence-electron chi connectivity index (χ1n) is 6.60. The minimum Gasteiger partial charge on any atom is -0.376 e.